The molecule has 2 N–H and O–H groups in total. The van der Waals surface area contributed by atoms with Gasteiger partial charge in [-0.3, -0.25) is 9.78 Å². The Morgan fingerprint density at radius 1 is 1.17 bits per heavy atom. The van der Waals surface area contributed by atoms with Gasteiger partial charge in [0, 0.05) is 57.3 Å². The summed E-state index contributed by atoms with van der Waals surface area (Å²) in [6.07, 6.45) is 7.45. The molecule has 1 amide bonds. The molecule has 1 saturated carbocycles. The van der Waals surface area contributed by atoms with E-state index in [0.29, 0.717) is 36.6 Å². The van der Waals surface area contributed by atoms with Crippen molar-refractivity contribution < 1.29 is 13.9 Å². The first-order valence-electron chi connectivity index (χ1n) is 14.6. The number of ether oxygens (including phenoxy) is 1. The standard InChI is InChI=1S/C32H34FN7O2/c1-38-30-26(15-24-25(36-30)9-12-39(32(24)41)19-23(34)16-33)37-31(38)27-14-22-5-2-6-28(29(22)40(27)18-21-7-8-21)42-13-10-20-4-3-11-35-17-20/h2-6,11,14-15,17,21,23H,7-10,12-13,16,18-19,34H2,1H3/t23-/m1/s1. The van der Waals surface area contributed by atoms with Crippen LogP contribution in [-0.4, -0.2) is 67.3 Å². The maximum absolute atomic E-state index is 13.2. The predicted octanol–water partition coefficient (Wildman–Crippen LogP) is 4.31. The molecule has 10 heteroatoms. The normalized spacial score (nSPS) is 15.9. The number of halogens is 1. The van der Waals surface area contributed by atoms with E-state index in [1.165, 1.54) is 12.8 Å². The van der Waals surface area contributed by atoms with Crippen molar-refractivity contribution in [2.45, 2.75) is 38.3 Å². The van der Waals surface area contributed by atoms with Crippen LogP contribution in [0.3, 0.4) is 0 Å². The SMILES string of the molecule is Cn1c(-c2cc3cccc(OCCc4cccnc4)c3n2CC2CC2)nc2cc3c(nc21)CCN(C[C@H](N)CF)C3=O. The number of imidazole rings is 1. The van der Waals surface area contributed by atoms with Crippen molar-refractivity contribution in [2.75, 3.05) is 26.4 Å². The van der Waals surface area contributed by atoms with Crippen LogP contribution in [0.5, 0.6) is 5.75 Å². The van der Waals surface area contributed by atoms with E-state index in [2.05, 4.69) is 27.8 Å². The number of amides is 1. The minimum absolute atomic E-state index is 0.169. The summed E-state index contributed by atoms with van der Waals surface area (Å²) in [5, 5.41) is 1.10. The summed E-state index contributed by atoms with van der Waals surface area (Å²) >= 11 is 0. The number of carbonyl (C=O) groups is 1. The number of nitrogens with zero attached hydrogens (tertiary/aromatic N) is 6. The molecule has 0 spiro atoms. The van der Waals surface area contributed by atoms with Crippen LogP contribution in [-0.2, 0) is 26.4 Å². The van der Waals surface area contributed by atoms with Crippen molar-refractivity contribution in [2.24, 2.45) is 18.7 Å². The third kappa shape index (κ3) is 4.89. The average molecular weight is 568 g/mol. The number of alkyl halides is 1. The zero-order chi connectivity index (χ0) is 28.8. The maximum atomic E-state index is 13.2. The van der Waals surface area contributed by atoms with Crippen LogP contribution in [0.1, 0.15) is 34.5 Å². The van der Waals surface area contributed by atoms with Gasteiger partial charge in [0.25, 0.3) is 5.91 Å². The molecule has 0 radical (unpaired) electrons. The molecule has 1 fully saturated rings. The number of fused-ring (bicyclic) bond motifs is 3. The Kier molecular flexibility index (Phi) is 6.85. The average Bonchev–Trinajstić information content (AvgIpc) is 3.68. The minimum atomic E-state index is -0.689. The van der Waals surface area contributed by atoms with Crippen LogP contribution < -0.4 is 10.5 Å². The highest BCUT2D eigenvalue weighted by Crippen LogP contribution is 2.39. The summed E-state index contributed by atoms with van der Waals surface area (Å²) in [5.74, 6) is 2.11. The summed E-state index contributed by atoms with van der Waals surface area (Å²) in [6, 6.07) is 13.5. The molecule has 1 aliphatic carbocycles. The maximum Gasteiger partial charge on any atom is 0.255 e. The largest absolute Gasteiger partial charge is 0.491 e. The van der Waals surface area contributed by atoms with E-state index in [9.17, 15) is 9.18 Å². The number of benzene rings is 1. The lowest BCUT2D eigenvalue weighted by molar-refractivity contribution is 0.0723. The van der Waals surface area contributed by atoms with E-state index < -0.39 is 12.7 Å². The zero-order valence-electron chi connectivity index (χ0n) is 23.7. The number of para-hydroxylation sites is 1. The van der Waals surface area contributed by atoms with Gasteiger partial charge >= 0.3 is 0 Å². The molecule has 5 heterocycles. The van der Waals surface area contributed by atoms with Crippen molar-refractivity contribution in [3.05, 3.63) is 71.7 Å². The smallest absolute Gasteiger partial charge is 0.255 e. The van der Waals surface area contributed by atoms with Gasteiger partial charge in [-0.25, -0.2) is 14.4 Å². The van der Waals surface area contributed by atoms with E-state index in [-0.39, 0.29) is 12.5 Å². The Balaban J connectivity index is 1.26. The number of aromatic nitrogens is 5. The Hall–Kier alpha value is -4.31. The molecule has 0 unspecified atom stereocenters. The van der Waals surface area contributed by atoms with Gasteiger partial charge in [-0.1, -0.05) is 18.2 Å². The lowest BCUT2D eigenvalue weighted by atomic mass is 10.0. The summed E-state index contributed by atoms with van der Waals surface area (Å²) < 4.78 is 23.8. The van der Waals surface area contributed by atoms with Crippen molar-refractivity contribution in [1.82, 2.24) is 29.0 Å². The number of nitrogens with two attached hydrogens (primary N) is 1. The third-order valence-electron chi connectivity index (χ3n) is 8.33. The number of aryl methyl sites for hydroxylation is 1. The first-order valence-corrected chi connectivity index (χ1v) is 14.6. The molecular weight excluding hydrogens is 533 g/mol. The van der Waals surface area contributed by atoms with Crippen LogP contribution in [0.2, 0.25) is 0 Å². The summed E-state index contributed by atoms with van der Waals surface area (Å²) in [7, 11) is 1.98. The van der Waals surface area contributed by atoms with E-state index in [1.807, 2.05) is 42.1 Å². The molecule has 0 saturated heterocycles. The molecule has 1 aromatic carbocycles. The van der Waals surface area contributed by atoms with E-state index >= 15 is 0 Å². The molecule has 4 aromatic heterocycles. The molecular formula is C32H34FN7O2. The fourth-order valence-corrected chi connectivity index (χ4v) is 5.94. The van der Waals surface area contributed by atoms with Crippen molar-refractivity contribution in [3.8, 4) is 17.3 Å². The van der Waals surface area contributed by atoms with Crippen LogP contribution >= 0.6 is 0 Å². The van der Waals surface area contributed by atoms with Crippen LogP contribution in [0.25, 0.3) is 33.6 Å². The van der Waals surface area contributed by atoms with Crippen LogP contribution in [0.4, 0.5) is 4.39 Å². The summed E-state index contributed by atoms with van der Waals surface area (Å²) in [6.45, 7) is 1.44. The first-order chi connectivity index (χ1) is 20.5. The molecule has 216 valence electrons. The molecule has 2 aliphatic rings. The van der Waals surface area contributed by atoms with Crippen molar-refractivity contribution in [1.29, 1.82) is 0 Å². The van der Waals surface area contributed by atoms with Crippen LogP contribution in [0.15, 0.2) is 54.9 Å². The second kappa shape index (κ2) is 10.8. The van der Waals surface area contributed by atoms with Crippen molar-refractivity contribution in [3.63, 3.8) is 0 Å². The lowest BCUT2D eigenvalue weighted by Crippen LogP contribution is -2.45. The monoisotopic (exact) mass is 567 g/mol. The Labute approximate surface area is 243 Å². The van der Waals surface area contributed by atoms with E-state index in [0.717, 1.165) is 58.0 Å². The van der Waals surface area contributed by atoms with Gasteiger partial charge in [-0.05, 0) is 48.6 Å². The van der Waals surface area contributed by atoms with E-state index in [1.54, 1.807) is 11.1 Å². The van der Waals surface area contributed by atoms with Crippen molar-refractivity contribution >= 4 is 28.0 Å². The molecule has 9 nitrogen and oxygen atoms in total. The Morgan fingerprint density at radius 3 is 2.83 bits per heavy atom. The minimum Gasteiger partial charge on any atom is -0.491 e. The highest BCUT2D eigenvalue weighted by atomic mass is 19.1. The molecule has 0 bridgehead atoms. The number of rotatable bonds is 10. The number of pyridine rings is 2. The molecule has 1 atom stereocenters. The van der Waals surface area contributed by atoms with Gasteiger partial charge in [0.15, 0.2) is 11.5 Å². The second-order valence-corrected chi connectivity index (χ2v) is 11.5. The Bertz CT molecular complexity index is 1780. The van der Waals surface area contributed by atoms with Gasteiger partial charge in [0.2, 0.25) is 0 Å². The van der Waals surface area contributed by atoms with Crippen LogP contribution in [0, 0.1) is 5.92 Å². The first kappa shape index (κ1) is 26.6. The quantitative estimate of drug-likeness (QED) is 0.270. The Morgan fingerprint density at radius 2 is 2.05 bits per heavy atom. The number of hydrogen-bond donors (Lipinski definition) is 1. The van der Waals surface area contributed by atoms with Gasteiger partial charge < -0.3 is 24.5 Å². The fraction of sp³-hybridized carbons (Fsp3) is 0.375. The number of carbonyl (C=O) groups excluding carboxylic acids is 1. The number of hydrogen-bond acceptors (Lipinski definition) is 6. The summed E-state index contributed by atoms with van der Waals surface area (Å²) in [5.41, 5.74) is 11.7. The summed E-state index contributed by atoms with van der Waals surface area (Å²) in [4.78, 5) is 29.0. The molecule has 7 rings (SSSR count). The van der Waals surface area contributed by atoms with Gasteiger partial charge in [0.1, 0.15) is 17.9 Å². The second-order valence-electron chi connectivity index (χ2n) is 11.5. The highest BCUT2D eigenvalue weighted by Gasteiger charge is 2.30. The van der Waals surface area contributed by atoms with E-state index in [4.69, 9.17) is 20.4 Å². The predicted molar refractivity (Wildman–Crippen MR) is 159 cm³/mol. The molecule has 42 heavy (non-hydrogen) atoms. The lowest BCUT2D eigenvalue weighted by Gasteiger charge is -2.29. The highest BCUT2D eigenvalue weighted by molar-refractivity contribution is 5.99. The van der Waals surface area contributed by atoms with Gasteiger partial charge in [-0.15, -0.1) is 0 Å². The fourth-order valence-electron chi connectivity index (χ4n) is 5.94. The third-order valence-corrected chi connectivity index (χ3v) is 8.33. The molecule has 1 aliphatic heterocycles. The van der Waals surface area contributed by atoms with Gasteiger partial charge in [0.05, 0.1) is 35.1 Å². The topological polar surface area (TPSA) is 104 Å². The van der Waals surface area contributed by atoms with Gasteiger partial charge in [-0.2, -0.15) is 0 Å². The zero-order valence-corrected chi connectivity index (χ0v) is 23.7. The molecule has 5 aromatic rings.